The van der Waals surface area contributed by atoms with Crippen LogP contribution >= 0.6 is 0 Å². The van der Waals surface area contributed by atoms with E-state index in [1.807, 2.05) is 0 Å². The number of nitriles is 1. The van der Waals surface area contributed by atoms with Gasteiger partial charge in [0.2, 0.25) is 0 Å². The minimum atomic E-state index is -2.93. The number of carbonyl (C=O) groups is 1. The molecule has 0 atom stereocenters. The first kappa shape index (κ1) is 13.0. The molecule has 0 aliphatic heterocycles. The molecular formula is C11H8F3NO2. The van der Waals surface area contributed by atoms with Crippen molar-refractivity contribution in [3.8, 4) is 6.07 Å². The zero-order valence-electron chi connectivity index (χ0n) is 8.84. The van der Waals surface area contributed by atoms with Gasteiger partial charge in [0, 0.05) is 5.56 Å². The molecule has 0 unspecified atom stereocenters. The Morgan fingerprint density at radius 1 is 1.53 bits per heavy atom. The van der Waals surface area contributed by atoms with Crippen molar-refractivity contribution < 1.29 is 22.7 Å². The van der Waals surface area contributed by atoms with Crippen LogP contribution in [0, 0.1) is 17.1 Å². The third-order valence-electron chi connectivity index (χ3n) is 1.97. The van der Waals surface area contributed by atoms with E-state index in [1.54, 1.807) is 0 Å². The molecule has 0 spiro atoms. The van der Waals surface area contributed by atoms with Crippen molar-refractivity contribution in [1.82, 2.24) is 0 Å². The highest BCUT2D eigenvalue weighted by atomic mass is 19.3. The molecule has 3 nitrogen and oxygen atoms in total. The van der Waals surface area contributed by atoms with E-state index >= 15 is 0 Å². The molecule has 0 aliphatic rings. The summed E-state index contributed by atoms with van der Waals surface area (Å²) in [6, 6.07) is 2.75. The maximum Gasteiger partial charge on any atom is 0.339 e. The third-order valence-corrected chi connectivity index (χ3v) is 1.97. The van der Waals surface area contributed by atoms with Crippen molar-refractivity contribution >= 4 is 5.97 Å². The molecule has 0 fully saturated rings. The van der Waals surface area contributed by atoms with E-state index < -0.39 is 34.9 Å². The molecule has 0 aromatic heterocycles. The molecule has 1 aromatic rings. The summed E-state index contributed by atoms with van der Waals surface area (Å²) in [5.74, 6) is -2.15. The number of rotatable bonds is 3. The van der Waals surface area contributed by atoms with Crippen LogP contribution in [-0.4, -0.2) is 12.6 Å². The highest BCUT2D eigenvalue weighted by Crippen LogP contribution is 2.24. The lowest BCUT2D eigenvalue weighted by atomic mass is 10.0. The molecule has 0 saturated heterocycles. The molecule has 1 aromatic carbocycles. The average Bonchev–Trinajstić information content (AvgIpc) is 2.28. The Morgan fingerprint density at radius 2 is 2.18 bits per heavy atom. The Hall–Kier alpha value is -2.03. The van der Waals surface area contributed by atoms with Crippen LogP contribution in [0.3, 0.4) is 0 Å². The van der Waals surface area contributed by atoms with Gasteiger partial charge in [-0.2, -0.15) is 5.26 Å². The first-order valence-corrected chi connectivity index (χ1v) is 4.70. The van der Waals surface area contributed by atoms with Crippen LogP contribution in [0.25, 0.3) is 0 Å². The quantitative estimate of drug-likeness (QED) is 0.767. The van der Waals surface area contributed by atoms with Crippen molar-refractivity contribution in [2.24, 2.45) is 0 Å². The van der Waals surface area contributed by atoms with Crippen LogP contribution in [0.5, 0.6) is 0 Å². The zero-order chi connectivity index (χ0) is 13.0. The zero-order valence-corrected chi connectivity index (χ0v) is 8.84. The number of esters is 1. The molecule has 1 rings (SSSR count). The highest BCUT2D eigenvalue weighted by Gasteiger charge is 2.20. The van der Waals surface area contributed by atoms with E-state index in [9.17, 15) is 18.0 Å². The number of halogens is 3. The Labute approximate surface area is 95.4 Å². The van der Waals surface area contributed by atoms with Crippen LogP contribution in [0.1, 0.15) is 34.8 Å². The fourth-order valence-electron chi connectivity index (χ4n) is 1.24. The number of hydrogen-bond acceptors (Lipinski definition) is 3. The normalized spacial score (nSPS) is 10.1. The number of carbonyl (C=O) groups excluding carboxylic acids is 1. The average molecular weight is 243 g/mol. The molecule has 17 heavy (non-hydrogen) atoms. The molecule has 0 bridgehead atoms. The van der Waals surface area contributed by atoms with Gasteiger partial charge in [-0.1, -0.05) is 0 Å². The van der Waals surface area contributed by atoms with Crippen LogP contribution < -0.4 is 0 Å². The summed E-state index contributed by atoms with van der Waals surface area (Å²) in [4.78, 5) is 11.4. The summed E-state index contributed by atoms with van der Waals surface area (Å²) in [5, 5.41) is 8.66. The Morgan fingerprint density at radius 3 is 2.65 bits per heavy atom. The molecule has 6 heteroatoms. The number of ether oxygens (including phenoxy) is 1. The van der Waals surface area contributed by atoms with Gasteiger partial charge in [0.25, 0.3) is 6.43 Å². The molecule has 0 heterocycles. The molecule has 0 amide bonds. The Balaban J connectivity index is 3.35. The fraction of sp³-hybridized carbons (Fsp3) is 0.273. The second-order valence-electron chi connectivity index (χ2n) is 3.06. The van der Waals surface area contributed by atoms with Crippen LogP contribution in [-0.2, 0) is 4.74 Å². The SMILES string of the molecule is CCOC(=O)c1cc(C(F)F)cc(F)c1C#N. The van der Waals surface area contributed by atoms with Gasteiger partial charge in [0.15, 0.2) is 0 Å². The lowest BCUT2D eigenvalue weighted by Crippen LogP contribution is -2.09. The summed E-state index contributed by atoms with van der Waals surface area (Å²) in [7, 11) is 0. The van der Waals surface area contributed by atoms with Crippen LogP contribution in [0.4, 0.5) is 13.2 Å². The summed E-state index contributed by atoms with van der Waals surface area (Å²) < 4.78 is 42.7. The van der Waals surface area contributed by atoms with Crippen molar-refractivity contribution in [2.75, 3.05) is 6.61 Å². The van der Waals surface area contributed by atoms with E-state index in [2.05, 4.69) is 4.74 Å². The minimum absolute atomic E-state index is 0.00419. The summed E-state index contributed by atoms with van der Waals surface area (Å²) in [6.07, 6.45) is -2.93. The van der Waals surface area contributed by atoms with Crippen molar-refractivity contribution in [3.05, 3.63) is 34.6 Å². The molecule has 0 radical (unpaired) electrons. The molecule has 0 N–H and O–H groups in total. The monoisotopic (exact) mass is 243 g/mol. The van der Waals surface area contributed by atoms with Gasteiger partial charge < -0.3 is 4.74 Å². The van der Waals surface area contributed by atoms with Gasteiger partial charge in [-0.05, 0) is 19.1 Å². The van der Waals surface area contributed by atoms with E-state index in [4.69, 9.17) is 5.26 Å². The van der Waals surface area contributed by atoms with Gasteiger partial charge in [0.1, 0.15) is 17.4 Å². The number of benzene rings is 1. The van der Waals surface area contributed by atoms with Gasteiger partial charge in [-0.25, -0.2) is 18.0 Å². The van der Waals surface area contributed by atoms with Gasteiger partial charge in [0.05, 0.1) is 12.2 Å². The maximum atomic E-state index is 13.3. The van der Waals surface area contributed by atoms with Crippen molar-refractivity contribution in [2.45, 2.75) is 13.3 Å². The Bertz CT molecular complexity index is 480. The standard InChI is InChI=1S/C11H8F3NO2/c1-2-17-11(16)7-3-6(10(13)14)4-9(12)8(7)5-15/h3-4,10H,2H2,1H3. The number of alkyl halides is 2. The van der Waals surface area contributed by atoms with Crippen LogP contribution in [0.2, 0.25) is 0 Å². The third kappa shape index (κ3) is 2.75. The predicted octanol–water partition coefficient (Wildman–Crippen LogP) is 2.81. The first-order chi connectivity index (χ1) is 8.01. The predicted molar refractivity (Wildman–Crippen MR) is 52.0 cm³/mol. The summed E-state index contributed by atoms with van der Waals surface area (Å²) in [5.41, 5.74) is -1.73. The highest BCUT2D eigenvalue weighted by molar-refractivity contribution is 5.92. The lowest BCUT2D eigenvalue weighted by Gasteiger charge is -2.07. The summed E-state index contributed by atoms with van der Waals surface area (Å²) >= 11 is 0. The molecular weight excluding hydrogens is 235 g/mol. The van der Waals surface area contributed by atoms with Crippen molar-refractivity contribution in [1.29, 1.82) is 5.26 Å². The first-order valence-electron chi connectivity index (χ1n) is 4.70. The van der Waals surface area contributed by atoms with Crippen LogP contribution in [0.15, 0.2) is 12.1 Å². The largest absolute Gasteiger partial charge is 0.462 e. The van der Waals surface area contributed by atoms with E-state index in [0.717, 1.165) is 6.07 Å². The van der Waals surface area contributed by atoms with E-state index in [1.165, 1.54) is 13.0 Å². The summed E-state index contributed by atoms with van der Waals surface area (Å²) in [6.45, 7) is 1.52. The molecule has 0 saturated carbocycles. The van der Waals surface area contributed by atoms with E-state index in [-0.39, 0.29) is 6.61 Å². The minimum Gasteiger partial charge on any atom is -0.462 e. The lowest BCUT2D eigenvalue weighted by molar-refractivity contribution is 0.0525. The second-order valence-corrected chi connectivity index (χ2v) is 3.06. The maximum absolute atomic E-state index is 13.3. The van der Waals surface area contributed by atoms with Crippen molar-refractivity contribution in [3.63, 3.8) is 0 Å². The van der Waals surface area contributed by atoms with Gasteiger partial charge >= 0.3 is 5.97 Å². The fourth-order valence-corrected chi connectivity index (χ4v) is 1.24. The molecule has 0 aliphatic carbocycles. The molecule has 90 valence electrons. The number of hydrogen-bond donors (Lipinski definition) is 0. The number of nitrogens with zero attached hydrogens (tertiary/aromatic N) is 1. The Kier molecular flexibility index (Phi) is 4.10. The van der Waals surface area contributed by atoms with Gasteiger partial charge in [-0.15, -0.1) is 0 Å². The second kappa shape index (κ2) is 5.34. The van der Waals surface area contributed by atoms with E-state index in [0.29, 0.717) is 6.07 Å². The van der Waals surface area contributed by atoms with Gasteiger partial charge in [-0.3, -0.25) is 0 Å². The smallest absolute Gasteiger partial charge is 0.339 e. The topological polar surface area (TPSA) is 50.1 Å².